The highest BCUT2D eigenvalue weighted by atomic mass is 32.2. The monoisotopic (exact) mass is 252 g/mol. The molecule has 1 heterocycles. The minimum Gasteiger partial charge on any atom is -0.485 e. The van der Waals surface area contributed by atoms with E-state index in [2.05, 4.69) is 9.71 Å². The van der Waals surface area contributed by atoms with Crippen LogP contribution in [0.2, 0.25) is 0 Å². The van der Waals surface area contributed by atoms with Crippen molar-refractivity contribution in [2.45, 2.75) is 6.54 Å². The number of amidine groups is 1. The molecule has 1 aromatic carbocycles. The van der Waals surface area contributed by atoms with Gasteiger partial charge >= 0.3 is 0 Å². The highest BCUT2D eigenvalue weighted by molar-refractivity contribution is 7.94. The molecule has 0 saturated carbocycles. The highest BCUT2D eigenvalue weighted by Gasteiger charge is 2.27. The van der Waals surface area contributed by atoms with Crippen molar-refractivity contribution >= 4 is 15.9 Å². The lowest BCUT2D eigenvalue weighted by molar-refractivity contribution is 0.318. The smallest absolute Gasteiger partial charge is 0.296 e. The molecule has 0 aliphatic carbocycles. The number of nitrogens with one attached hydrogen (secondary N) is 1. The molecule has 0 saturated heterocycles. The van der Waals surface area contributed by atoms with E-state index in [0.29, 0.717) is 12.4 Å². The molecule has 0 amide bonds. The summed E-state index contributed by atoms with van der Waals surface area (Å²) in [6, 6.07) is 9.58. The number of ether oxygens (including phenoxy) is 1. The molecule has 0 radical (unpaired) electrons. The maximum Gasteiger partial charge on any atom is 0.296 e. The van der Waals surface area contributed by atoms with Crippen molar-refractivity contribution in [3.8, 4) is 0 Å². The molecule has 1 N–H and O–H groups in total. The second kappa shape index (κ2) is 4.58. The van der Waals surface area contributed by atoms with Gasteiger partial charge in [-0.1, -0.05) is 30.3 Å². The molecule has 0 bridgehead atoms. The van der Waals surface area contributed by atoms with Crippen molar-refractivity contribution in [3.63, 3.8) is 0 Å². The Hall–Kier alpha value is -1.82. The molecular formula is C11H12N2O3S. The van der Waals surface area contributed by atoms with Gasteiger partial charge in [0.1, 0.15) is 5.84 Å². The second-order valence-electron chi connectivity index (χ2n) is 3.46. The zero-order valence-corrected chi connectivity index (χ0v) is 10.1. The average molecular weight is 252 g/mol. The maximum absolute atomic E-state index is 11.4. The Balaban J connectivity index is 2.14. The SMILES string of the molecule is COC1=CC(=NCc2ccccc2)NS1(=O)=O. The van der Waals surface area contributed by atoms with Gasteiger partial charge in [-0.2, -0.15) is 8.42 Å². The predicted octanol–water partition coefficient (Wildman–Crippen LogP) is 1.01. The summed E-state index contributed by atoms with van der Waals surface area (Å²) in [6.45, 7) is 0.423. The summed E-state index contributed by atoms with van der Waals surface area (Å²) >= 11 is 0. The van der Waals surface area contributed by atoms with E-state index >= 15 is 0 Å². The quantitative estimate of drug-likeness (QED) is 0.872. The van der Waals surface area contributed by atoms with Gasteiger partial charge in [0.15, 0.2) is 0 Å². The molecule has 0 spiro atoms. The number of rotatable bonds is 3. The van der Waals surface area contributed by atoms with Gasteiger partial charge in [0, 0.05) is 6.08 Å². The molecule has 0 fully saturated rings. The third kappa shape index (κ3) is 2.65. The zero-order valence-electron chi connectivity index (χ0n) is 9.25. The normalized spacial score (nSPS) is 19.8. The molecular weight excluding hydrogens is 240 g/mol. The van der Waals surface area contributed by atoms with E-state index in [-0.39, 0.29) is 5.09 Å². The molecule has 1 aromatic rings. The van der Waals surface area contributed by atoms with Crippen molar-refractivity contribution in [1.29, 1.82) is 0 Å². The first-order valence-corrected chi connectivity index (χ1v) is 6.47. The molecule has 1 aliphatic rings. The molecule has 2 rings (SSSR count). The van der Waals surface area contributed by atoms with Gasteiger partial charge in [-0.25, -0.2) is 0 Å². The summed E-state index contributed by atoms with van der Waals surface area (Å²) in [6.07, 6.45) is 1.37. The van der Waals surface area contributed by atoms with Crippen LogP contribution in [0.15, 0.2) is 46.5 Å². The van der Waals surface area contributed by atoms with Crippen LogP contribution in [0, 0.1) is 0 Å². The predicted molar refractivity (Wildman–Crippen MR) is 64.7 cm³/mol. The minimum absolute atomic E-state index is 0.107. The first-order valence-electron chi connectivity index (χ1n) is 4.99. The zero-order chi connectivity index (χ0) is 12.3. The summed E-state index contributed by atoms with van der Waals surface area (Å²) in [5.41, 5.74) is 1.01. The van der Waals surface area contributed by atoms with E-state index in [1.54, 1.807) is 0 Å². The van der Waals surface area contributed by atoms with Crippen LogP contribution in [0.4, 0.5) is 0 Å². The Bertz CT molecular complexity index is 562. The number of hydrogen-bond donors (Lipinski definition) is 1. The molecule has 90 valence electrons. The average Bonchev–Trinajstić information content (AvgIpc) is 2.62. The maximum atomic E-state index is 11.4. The van der Waals surface area contributed by atoms with Crippen molar-refractivity contribution in [3.05, 3.63) is 47.1 Å². The molecule has 17 heavy (non-hydrogen) atoms. The third-order valence-corrected chi connectivity index (χ3v) is 3.53. The first-order chi connectivity index (χ1) is 8.12. The van der Waals surface area contributed by atoms with E-state index in [1.807, 2.05) is 30.3 Å². The van der Waals surface area contributed by atoms with Crippen molar-refractivity contribution in [2.75, 3.05) is 7.11 Å². The lowest BCUT2D eigenvalue weighted by Crippen LogP contribution is -2.23. The van der Waals surface area contributed by atoms with Crippen molar-refractivity contribution in [2.24, 2.45) is 4.99 Å². The standard InChI is InChI=1S/C11H12N2O3S/c1-16-11-7-10(13-17(11,14)15)12-8-9-5-3-2-4-6-9/h2-7H,8H2,1H3,(H,12,13). The summed E-state index contributed by atoms with van der Waals surface area (Å²) in [7, 11) is -2.22. The van der Waals surface area contributed by atoms with Gasteiger partial charge in [-0.3, -0.25) is 9.71 Å². The van der Waals surface area contributed by atoms with Gasteiger partial charge in [-0.15, -0.1) is 0 Å². The Morgan fingerprint density at radius 2 is 2.00 bits per heavy atom. The number of aliphatic imine (C=N–C) groups is 1. The highest BCUT2D eigenvalue weighted by Crippen LogP contribution is 2.12. The van der Waals surface area contributed by atoms with Gasteiger partial charge in [-0.05, 0) is 5.56 Å². The van der Waals surface area contributed by atoms with Crippen molar-refractivity contribution < 1.29 is 13.2 Å². The van der Waals surface area contributed by atoms with E-state index in [0.717, 1.165) is 5.56 Å². The Morgan fingerprint density at radius 1 is 1.29 bits per heavy atom. The van der Waals surface area contributed by atoms with E-state index in [1.165, 1.54) is 13.2 Å². The summed E-state index contributed by atoms with van der Waals surface area (Å²) < 4.78 is 29.9. The fourth-order valence-electron chi connectivity index (χ4n) is 1.41. The number of sulfonamides is 1. The number of methoxy groups -OCH3 is 1. The van der Waals surface area contributed by atoms with Gasteiger partial charge in [0.25, 0.3) is 10.0 Å². The fraction of sp³-hybridized carbons (Fsp3) is 0.182. The minimum atomic E-state index is -3.53. The van der Waals surface area contributed by atoms with E-state index in [9.17, 15) is 8.42 Å². The lowest BCUT2D eigenvalue weighted by atomic mass is 10.2. The first kappa shape index (κ1) is 11.7. The molecule has 5 nitrogen and oxygen atoms in total. The van der Waals surface area contributed by atoms with Crippen LogP contribution in [0.25, 0.3) is 0 Å². The van der Waals surface area contributed by atoms with Crippen LogP contribution in [-0.4, -0.2) is 21.4 Å². The molecule has 0 unspecified atom stereocenters. The largest absolute Gasteiger partial charge is 0.485 e. The van der Waals surface area contributed by atoms with Crippen LogP contribution in [0.3, 0.4) is 0 Å². The second-order valence-corrected chi connectivity index (χ2v) is 5.07. The van der Waals surface area contributed by atoms with Crippen LogP contribution < -0.4 is 4.72 Å². The van der Waals surface area contributed by atoms with Crippen LogP contribution in [0.1, 0.15) is 5.56 Å². The summed E-state index contributed by atoms with van der Waals surface area (Å²) in [5.74, 6) is 0.297. The molecule has 1 aliphatic heterocycles. The summed E-state index contributed by atoms with van der Waals surface area (Å²) in [5, 5.41) is -0.107. The van der Waals surface area contributed by atoms with Crippen LogP contribution in [0.5, 0.6) is 0 Å². The van der Waals surface area contributed by atoms with Gasteiger partial charge < -0.3 is 4.74 Å². The molecule has 0 atom stereocenters. The van der Waals surface area contributed by atoms with Gasteiger partial charge in [0.2, 0.25) is 5.09 Å². The summed E-state index contributed by atoms with van der Waals surface area (Å²) in [4.78, 5) is 4.16. The Labute approximate surface area is 99.9 Å². The van der Waals surface area contributed by atoms with Gasteiger partial charge in [0.05, 0.1) is 13.7 Å². The van der Waals surface area contributed by atoms with E-state index in [4.69, 9.17) is 4.74 Å². The molecule has 0 aromatic heterocycles. The Kier molecular flexibility index (Phi) is 3.14. The topological polar surface area (TPSA) is 67.8 Å². The third-order valence-electron chi connectivity index (χ3n) is 2.23. The number of nitrogens with zero attached hydrogens (tertiary/aromatic N) is 1. The van der Waals surface area contributed by atoms with Crippen molar-refractivity contribution in [1.82, 2.24) is 4.72 Å². The Morgan fingerprint density at radius 3 is 2.59 bits per heavy atom. The number of benzene rings is 1. The van der Waals surface area contributed by atoms with Crippen LogP contribution >= 0.6 is 0 Å². The fourth-order valence-corrected chi connectivity index (χ4v) is 2.40. The molecule has 6 heteroatoms. The number of hydrogen-bond acceptors (Lipinski definition) is 4. The van der Waals surface area contributed by atoms with E-state index < -0.39 is 10.0 Å². The van der Waals surface area contributed by atoms with Crippen LogP contribution in [-0.2, 0) is 21.3 Å². The lowest BCUT2D eigenvalue weighted by Gasteiger charge is -1.99.